The molecule has 5 heteroatoms. The number of hydrogen-bond donors (Lipinski definition) is 1. The van der Waals surface area contributed by atoms with Gasteiger partial charge in [0.25, 0.3) is 5.91 Å². The minimum absolute atomic E-state index is 0.0288. The maximum Gasteiger partial charge on any atom is 0.255 e. The highest BCUT2D eigenvalue weighted by molar-refractivity contribution is 6.07. The van der Waals surface area contributed by atoms with Crippen molar-refractivity contribution in [2.75, 3.05) is 6.54 Å². The van der Waals surface area contributed by atoms with E-state index in [0.29, 0.717) is 17.5 Å². The van der Waals surface area contributed by atoms with Crippen molar-refractivity contribution in [2.45, 2.75) is 56.5 Å². The van der Waals surface area contributed by atoms with E-state index in [9.17, 15) is 9.59 Å². The first-order valence-corrected chi connectivity index (χ1v) is 9.69. The molecule has 0 aliphatic heterocycles. The van der Waals surface area contributed by atoms with Crippen LogP contribution >= 0.6 is 0 Å². The van der Waals surface area contributed by atoms with Gasteiger partial charge in [-0.15, -0.1) is 0 Å². The molecule has 1 aromatic carbocycles. The standard InChI is InChI=1S/C21H23N3O2/c25-20(22-14-7-8-14)12-24(15-9-10-15)21(26)17-11-19(13-5-6-13)23-18-4-2-1-3-16(17)18/h1-4,11,13-15H,5-10,12H2,(H,22,25). The van der Waals surface area contributed by atoms with E-state index in [1.165, 1.54) is 0 Å². The van der Waals surface area contributed by atoms with Gasteiger partial charge in [-0.3, -0.25) is 14.6 Å². The lowest BCUT2D eigenvalue weighted by Gasteiger charge is -2.23. The molecule has 5 rings (SSSR count). The Bertz CT molecular complexity index is 882. The molecule has 1 heterocycles. The van der Waals surface area contributed by atoms with Crippen molar-refractivity contribution < 1.29 is 9.59 Å². The second-order valence-corrected chi connectivity index (χ2v) is 7.89. The molecule has 3 aliphatic rings. The first-order valence-electron chi connectivity index (χ1n) is 9.69. The fourth-order valence-corrected chi connectivity index (χ4v) is 3.52. The van der Waals surface area contributed by atoms with Gasteiger partial charge in [-0.25, -0.2) is 0 Å². The highest BCUT2D eigenvalue weighted by Gasteiger charge is 2.36. The van der Waals surface area contributed by atoms with E-state index in [0.717, 1.165) is 55.1 Å². The zero-order chi connectivity index (χ0) is 17.7. The Kier molecular flexibility index (Phi) is 3.69. The van der Waals surface area contributed by atoms with E-state index in [2.05, 4.69) is 5.32 Å². The molecule has 1 aromatic heterocycles. The third kappa shape index (κ3) is 3.18. The van der Waals surface area contributed by atoms with Gasteiger partial charge >= 0.3 is 0 Å². The molecule has 3 aliphatic carbocycles. The van der Waals surface area contributed by atoms with E-state index in [1.807, 2.05) is 30.3 Å². The minimum atomic E-state index is -0.0338. The topological polar surface area (TPSA) is 62.3 Å². The van der Waals surface area contributed by atoms with Crippen molar-refractivity contribution in [3.8, 4) is 0 Å². The lowest BCUT2D eigenvalue weighted by molar-refractivity contribution is -0.122. The van der Waals surface area contributed by atoms with Crippen LogP contribution in [0.25, 0.3) is 10.9 Å². The molecule has 0 unspecified atom stereocenters. The summed E-state index contributed by atoms with van der Waals surface area (Å²) in [6.07, 6.45) is 6.39. The summed E-state index contributed by atoms with van der Waals surface area (Å²) in [6, 6.07) is 10.3. The maximum absolute atomic E-state index is 13.4. The summed E-state index contributed by atoms with van der Waals surface area (Å²) in [6.45, 7) is 0.162. The van der Waals surface area contributed by atoms with Crippen molar-refractivity contribution >= 4 is 22.7 Å². The number of rotatable bonds is 6. The van der Waals surface area contributed by atoms with E-state index < -0.39 is 0 Å². The van der Waals surface area contributed by atoms with Crippen molar-refractivity contribution in [1.82, 2.24) is 15.2 Å². The highest BCUT2D eigenvalue weighted by Crippen LogP contribution is 2.40. The van der Waals surface area contributed by atoms with Gasteiger partial charge in [0.15, 0.2) is 0 Å². The Morgan fingerprint density at radius 1 is 1.08 bits per heavy atom. The van der Waals surface area contributed by atoms with Crippen LogP contribution in [0.5, 0.6) is 0 Å². The number of pyridine rings is 1. The Balaban J connectivity index is 1.48. The summed E-state index contributed by atoms with van der Waals surface area (Å²) in [5.41, 5.74) is 2.59. The van der Waals surface area contributed by atoms with Crippen LogP contribution in [-0.2, 0) is 4.79 Å². The molecule has 0 spiro atoms. The molecule has 5 nitrogen and oxygen atoms in total. The number of carbonyl (C=O) groups excluding carboxylic acids is 2. The van der Waals surface area contributed by atoms with E-state index in [-0.39, 0.29) is 24.4 Å². The van der Waals surface area contributed by atoms with Gasteiger partial charge < -0.3 is 10.2 Å². The molecule has 0 saturated heterocycles. The first kappa shape index (κ1) is 15.8. The van der Waals surface area contributed by atoms with Crippen LogP contribution in [-0.4, -0.2) is 40.3 Å². The van der Waals surface area contributed by atoms with Gasteiger partial charge in [0.1, 0.15) is 6.54 Å². The fraction of sp³-hybridized carbons (Fsp3) is 0.476. The maximum atomic E-state index is 13.4. The molecule has 0 atom stereocenters. The Labute approximate surface area is 152 Å². The molecular weight excluding hydrogens is 326 g/mol. The monoisotopic (exact) mass is 349 g/mol. The highest BCUT2D eigenvalue weighted by atomic mass is 16.2. The number of hydrogen-bond acceptors (Lipinski definition) is 3. The lowest BCUT2D eigenvalue weighted by Crippen LogP contribution is -2.42. The molecule has 3 fully saturated rings. The van der Waals surface area contributed by atoms with Gasteiger partial charge in [-0.1, -0.05) is 18.2 Å². The van der Waals surface area contributed by atoms with Crippen molar-refractivity contribution in [3.05, 3.63) is 41.6 Å². The molecule has 2 amide bonds. The Morgan fingerprint density at radius 3 is 2.54 bits per heavy atom. The predicted octanol–water partition coefficient (Wildman–Crippen LogP) is 3.00. The number of fused-ring (bicyclic) bond motifs is 1. The van der Waals surface area contributed by atoms with Crippen LogP contribution in [0.15, 0.2) is 30.3 Å². The predicted molar refractivity (Wildman–Crippen MR) is 98.9 cm³/mol. The molecule has 0 bridgehead atoms. The number of para-hydroxylation sites is 1. The minimum Gasteiger partial charge on any atom is -0.352 e. The molecule has 2 aromatic rings. The lowest BCUT2D eigenvalue weighted by atomic mass is 10.0. The summed E-state index contributed by atoms with van der Waals surface area (Å²) >= 11 is 0. The van der Waals surface area contributed by atoms with Crippen molar-refractivity contribution in [2.24, 2.45) is 0 Å². The van der Waals surface area contributed by atoms with Crippen molar-refractivity contribution in [3.63, 3.8) is 0 Å². The second-order valence-electron chi connectivity index (χ2n) is 7.89. The van der Waals surface area contributed by atoms with Crippen LogP contribution in [0.1, 0.15) is 60.5 Å². The van der Waals surface area contributed by atoms with Crippen LogP contribution < -0.4 is 5.32 Å². The van der Waals surface area contributed by atoms with Crippen LogP contribution in [0.4, 0.5) is 0 Å². The molecule has 26 heavy (non-hydrogen) atoms. The van der Waals surface area contributed by atoms with Gasteiger partial charge in [0.05, 0.1) is 11.1 Å². The summed E-state index contributed by atoms with van der Waals surface area (Å²) < 4.78 is 0. The third-order valence-electron chi connectivity index (χ3n) is 5.47. The summed E-state index contributed by atoms with van der Waals surface area (Å²) in [4.78, 5) is 32.2. The SMILES string of the molecule is O=C(CN(C(=O)c1cc(C2CC2)nc2ccccc12)C1CC1)NC1CC1. The van der Waals surface area contributed by atoms with E-state index in [4.69, 9.17) is 4.98 Å². The van der Waals surface area contributed by atoms with Crippen LogP contribution in [0.3, 0.4) is 0 Å². The van der Waals surface area contributed by atoms with Crippen LogP contribution in [0, 0.1) is 0 Å². The second kappa shape index (κ2) is 6.08. The summed E-state index contributed by atoms with van der Waals surface area (Å²) in [5.74, 6) is 0.422. The van der Waals surface area contributed by atoms with Gasteiger partial charge in [-0.05, 0) is 50.7 Å². The number of carbonyl (C=O) groups is 2. The summed E-state index contributed by atoms with van der Waals surface area (Å²) in [5, 5.41) is 3.89. The number of nitrogens with zero attached hydrogens (tertiary/aromatic N) is 2. The van der Waals surface area contributed by atoms with Crippen LogP contribution in [0.2, 0.25) is 0 Å². The molecule has 1 N–H and O–H groups in total. The zero-order valence-corrected chi connectivity index (χ0v) is 14.8. The number of amides is 2. The van der Waals surface area contributed by atoms with Gasteiger partial charge in [-0.2, -0.15) is 0 Å². The average Bonchev–Trinajstić information content (AvgIpc) is 3.46. The Morgan fingerprint density at radius 2 is 1.85 bits per heavy atom. The van der Waals surface area contributed by atoms with E-state index in [1.54, 1.807) is 4.90 Å². The third-order valence-corrected chi connectivity index (χ3v) is 5.47. The largest absolute Gasteiger partial charge is 0.352 e. The molecule has 3 saturated carbocycles. The fourth-order valence-electron chi connectivity index (χ4n) is 3.52. The molecular formula is C21H23N3O2. The van der Waals surface area contributed by atoms with Gasteiger partial charge in [0, 0.05) is 29.1 Å². The smallest absolute Gasteiger partial charge is 0.255 e. The Hall–Kier alpha value is -2.43. The number of aromatic nitrogens is 1. The zero-order valence-electron chi connectivity index (χ0n) is 14.8. The van der Waals surface area contributed by atoms with E-state index >= 15 is 0 Å². The first-order chi connectivity index (χ1) is 12.7. The van der Waals surface area contributed by atoms with Gasteiger partial charge in [0.2, 0.25) is 5.91 Å². The van der Waals surface area contributed by atoms with Crippen molar-refractivity contribution in [1.29, 1.82) is 0 Å². The normalized spacial score (nSPS) is 19.4. The average molecular weight is 349 g/mol. The number of nitrogens with one attached hydrogen (secondary N) is 1. The quantitative estimate of drug-likeness (QED) is 0.872. The summed E-state index contributed by atoms with van der Waals surface area (Å²) in [7, 11) is 0. The molecule has 0 radical (unpaired) electrons. The number of benzene rings is 1. The molecule has 134 valence electrons.